The van der Waals surface area contributed by atoms with Gasteiger partial charge in [-0.1, -0.05) is 6.92 Å². The van der Waals surface area contributed by atoms with Gasteiger partial charge in [0.05, 0.1) is 12.0 Å². The molecule has 1 heterocycles. The van der Waals surface area contributed by atoms with E-state index in [-0.39, 0.29) is 11.6 Å². The summed E-state index contributed by atoms with van der Waals surface area (Å²) in [4.78, 5) is 0. The first-order valence-corrected chi connectivity index (χ1v) is 7.92. The van der Waals surface area contributed by atoms with Crippen LogP contribution in [0.25, 0.3) is 0 Å². The third kappa shape index (κ3) is 7.71. The van der Waals surface area contributed by atoms with Gasteiger partial charge in [-0.3, -0.25) is 4.55 Å². The van der Waals surface area contributed by atoms with E-state index in [2.05, 4.69) is 5.10 Å². The highest BCUT2D eigenvalue weighted by Gasteiger charge is 2.12. The van der Waals surface area contributed by atoms with Gasteiger partial charge in [-0.2, -0.15) is 12.5 Å². The van der Waals surface area contributed by atoms with E-state index in [0.717, 1.165) is 4.09 Å². The topological polar surface area (TPSA) is 127 Å². The Morgan fingerprint density at radius 3 is 2.12 bits per heavy atom. The van der Waals surface area contributed by atoms with Gasteiger partial charge in [0.25, 0.3) is 20.1 Å². The SMILES string of the molecule is CCCS(=O)(=O)n1ccc(O)n1.CS(=O)(=O)O. The fourth-order valence-corrected chi connectivity index (χ4v) is 1.96. The third-order valence-electron chi connectivity index (χ3n) is 1.30. The molecule has 0 radical (unpaired) electrons. The molecular weight excluding hydrogens is 272 g/mol. The lowest BCUT2D eigenvalue weighted by Crippen LogP contribution is -2.16. The smallest absolute Gasteiger partial charge is 0.261 e. The Bertz CT molecular complexity index is 537. The van der Waals surface area contributed by atoms with Crippen LogP contribution in [0.2, 0.25) is 0 Å². The standard InChI is InChI=1S/C6H10N2O3S.CH4O3S/c1-2-5-12(10,11)8-4-3-6(9)7-8;1-5(2,3)4/h3-4H,2,5H2,1H3,(H,7,9);1H3,(H,2,3,4). The summed E-state index contributed by atoms with van der Waals surface area (Å²) >= 11 is 0. The van der Waals surface area contributed by atoms with Gasteiger partial charge in [0.2, 0.25) is 5.88 Å². The van der Waals surface area contributed by atoms with Crippen LogP contribution in [0.1, 0.15) is 13.3 Å². The summed E-state index contributed by atoms with van der Waals surface area (Å²) in [6.45, 7) is 1.76. The zero-order valence-electron chi connectivity index (χ0n) is 9.31. The van der Waals surface area contributed by atoms with Gasteiger partial charge in [-0.25, -0.2) is 8.42 Å². The van der Waals surface area contributed by atoms with Crippen LogP contribution in [-0.2, 0) is 20.1 Å². The fourth-order valence-electron chi connectivity index (χ4n) is 0.804. The first-order valence-electron chi connectivity index (χ1n) is 4.46. The first-order chi connectivity index (χ1) is 7.56. The summed E-state index contributed by atoms with van der Waals surface area (Å²) in [6, 6.07) is 1.23. The molecule has 1 rings (SSSR count). The van der Waals surface area contributed by atoms with Gasteiger partial charge in [-0.15, -0.1) is 5.10 Å². The van der Waals surface area contributed by atoms with Crippen molar-refractivity contribution in [1.29, 1.82) is 0 Å². The van der Waals surface area contributed by atoms with Gasteiger partial charge >= 0.3 is 0 Å². The molecule has 0 saturated heterocycles. The van der Waals surface area contributed by atoms with Crippen molar-refractivity contribution >= 4 is 20.1 Å². The highest BCUT2D eigenvalue weighted by atomic mass is 32.2. The largest absolute Gasteiger partial charge is 0.492 e. The molecule has 17 heavy (non-hydrogen) atoms. The maximum Gasteiger partial charge on any atom is 0.261 e. The highest BCUT2D eigenvalue weighted by Crippen LogP contribution is 2.05. The van der Waals surface area contributed by atoms with Crippen molar-refractivity contribution in [3.8, 4) is 5.88 Å². The minimum absolute atomic E-state index is 0.0358. The number of rotatable bonds is 3. The molecule has 10 heteroatoms. The van der Waals surface area contributed by atoms with Crippen LogP contribution in [0, 0.1) is 0 Å². The van der Waals surface area contributed by atoms with Crippen molar-refractivity contribution in [2.24, 2.45) is 0 Å². The van der Waals surface area contributed by atoms with E-state index in [1.165, 1.54) is 12.3 Å². The summed E-state index contributed by atoms with van der Waals surface area (Å²) < 4.78 is 49.1. The molecule has 0 spiro atoms. The Hall–Kier alpha value is -1.13. The molecule has 1 aromatic heterocycles. The zero-order valence-corrected chi connectivity index (χ0v) is 10.9. The summed E-state index contributed by atoms with van der Waals surface area (Å²) in [7, 11) is -7.01. The van der Waals surface area contributed by atoms with Crippen LogP contribution in [0.4, 0.5) is 0 Å². The maximum atomic E-state index is 11.2. The first kappa shape index (κ1) is 15.9. The number of aromatic nitrogens is 2. The number of hydrogen-bond donors (Lipinski definition) is 2. The summed E-state index contributed by atoms with van der Waals surface area (Å²) in [5.41, 5.74) is 0. The van der Waals surface area contributed by atoms with E-state index < -0.39 is 20.1 Å². The van der Waals surface area contributed by atoms with Crippen LogP contribution in [0.15, 0.2) is 12.3 Å². The average molecular weight is 286 g/mol. The van der Waals surface area contributed by atoms with Gasteiger partial charge in [-0.05, 0) is 6.42 Å². The second kappa shape index (κ2) is 5.98. The molecule has 0 aromatic carbocycles. The third-order valence-corrected chi connectivity index (χ3v) is 3.00. The van der Waals surface area contributed by atoms with E-state index in [0.29, 0.717) is 12.7 Å². The van der Waals surface area contributed by atoms with Crippen molar-refractivity contribution in [1.82, 2.24) is 9.19 Å². The molecular formula is C7H14N2O6S2. The molecule has 2 N–H and O–H groups in total. The molecule has 0 bridgehead atoms. The predicted octanol–water partition coefficient (Wildman–Crippen LogP) is -0.319. The highest BCUT2D eigenvalue weighted by molar-refractivity contribution is 7.89. The molecule has 0 aliphatic rings. The van der Waals surface area contributed by atoms with Crippen molar-refractivity contribution < 1.29 is 26.5 Å². The molecule has 0 amide bonds. The summed E-state index contributed by atoms with van der Waals surface area (Å²) in [5, 5.41) is 12.2. The molecule has 1 aromatic rings. The van der Waals surface area contributed by atoms with Crippen molar-refractivity contribution in [3.63, 3.8) is 0 Å². The lowest BCUT2D eigenvalue weighted by Gasteiger charge is -1.99. The quantitative estimate of drug-likeness (QED) is 0.729. The van der Waals surface area contributed by atoms with Gasteiger partial charge < -0.3 is 5.11 Å². The minimum atomic E-state index is -3.67. The molecule has 0 aliphatic heterocycles. The van der Waals surface area contributed by atoms with Crippen LogP contribution < -0.4 is 0 Å². The molecule has 0 fully saturated rings. The van der Waals surface area contributed by atoms with Gasteiger partial charge in [0.15, 0.2) is 0 Å². The summed E-state index contributed by atoms with van der Waals surface area (Å²) in [6.07, 6.45) is 2.47. The van der Waals surface area contributed by atoms with E-state index >= 15 is 0 Å². The van der Waals surface area contributed by atoms with Crippen molar-refractivity contribution in [3.05, 3.63) is 12.3 Å². The lowest BCUT2D eigenvalue weighted by molar-refractivity contribution is 0.448. The molecule has 0 aliphatic carbocycles. The fraction of sp³-hybridized carbons (Fsp3) is 0.571. The zero-order chi connectivity index (χ0) is 13.7. The van der Waals surface area contributed by atoms with Gasteiger partial charge in [0, 0.05) is 12.3 Å². The van der Waals surface area contributed by atoms with E-state index in [1.807, 2.05) is 0 Å². The Morgan fingerprint density at radius 1 is 1.35 bits per heavy atom. The number of nitrogens with zero attached hydrogens (tertiary/aromatic N) is 2. The molecule has 100 valence electrons. The van der Waals surface area contributed by atoms with Crippen molar-refractivity contribution in [2.75, 3.05) is 12.0 Å². The van der Waals surface area contributed by atoms with E-state index in [9.17, 15) is 16.8 Å². The Labute approximate surface area is 99.7 Å². The van der Waals surface area contributed by atoms with E-state index in [1.54, 1.807) is 6.92 Å². The van der Waals surface area contributed by atoms with E-state index in [4.69, 9.17) is 9.66 Å². The van der Waals surface area contributed by atoms with Crippen LogP contribution in [0.5, 0.6) is 5.88 Å². The van der Waals surface area contributed by atoms with Crippen LogP contribution >= 0.6 is 0 Å². The molecule has 8 nitrogen and oxygen atoms in total. The second-order valence-electron chi connectivity index (χ2n) is 3.10. The van der Waals surface area contributed by atoms with Gasteiger partial charge in [0.1, 0.15) is 0 Å². The predicted molar refractivity (Wildman–Crippen MR) is 60.8 cm³/mol. The molecule has 0 unspecified atom stereocenters. The number of aromatic hydroxyl groups is 1. The van der Waals surface area contributed by atoms with Crippen molar-refractivity contribution in [2.45, 2.75) is 13.3 Å². The van der Waals surface area contributed by atoms with Crippen LogP contribution in [-0.4, -0.2) is 47.7 Å². The Balaban J connectivity index is 0.000000437. The Kier molecular flexibility index (Phi) is 5.58. The number of hydrogen-bond acceptors (Lipinski definition) is 6. The average Bonchev–Trinajstić information content (AvgIpc) is 2.49. The minimum Gasteiger partial charge on any atom is -0.492 e. The molecule has 0 saturated carbocycles. The second-order valence-corrected chi connectivity index (χ2v) is 6.51. The molecule has 0 atom stereocenters. The lowest BCUT2D eigenvalue weighted by atomic mass is 10.6. The van der Waals surface area contributed by atoms with Crippen LogP contribution in [0.3, 0.4) is 0 Å². The Morgan fingerprint density at radius 2 is 1.82 bits per heavy atom. The maximum absolute atomic E-state index is 11.2. The normalized spacial score (nSPS) is 11.7. The monoisotopic (exact) mass is 286 g/mol. The summed E-state index contributed by atoms with van der Waals surface area (Å²) in [5.74, 6) is -0.247.